The van der Waals surface area contributed by atoms with E-state index in [4.69, 9.17) is 16.6 Å². The van der Waals surface area contributed by atoms with Gasteiger partial charge in [0, 0.05) is 6.54 Å². The summed E-state index contributed by atoms with van der Waals surface area (Å²) in [4.78, 5) is 38.2. The number of carbonyl (C=O) groups is 2. The molecular weight excluding hydrogens is 328 g/mol. The largest absolute Gasteiger partial charge is 0.463 e. The monoisotopic (exact) mass is 340 g/mol. The fourth-order valence-electron chi connectivity index (χ4n) is 2.34. The fourth-order valence-corrected chi connectivity index (χ4v) is 2.59. The zero-order valence-electron chi connectivity index (χ0n) is 12.4. The van der Waals surface area contributed by atoms with Crippen LogP contribution in [0.1, 0.15) is 5.56 Å². The Balaban J connectivity index is 2.10. The zero-order chi connectivity index (χ0) is 17.3. The van der Waals surface area contributed by atoms with Gasteiger partial charge in [-0.2, -0.15) is 0 Å². The molecular formula is C17H12N2O4S. The lowest BCUT2D eigenvalue weighted by atomic mass is 10.1. The number of rotatable bonds is 3. The molecule has 0 radical (unpaired) electrons. The fraction of sp³-hybridized carbons (Fsp3) is 0.0588. The van der Waals surface area contributed by atoms with E-state index >= 15 is 0 Å². The van der Waals surface area contributed by atoms with Crippen molar-refractivity contribution in [2.45, 2.75) is 0 Å². The highest BCUT2D eigenvalue weighted by Gasteiger charge is 2.32. The summed E-state index contributed by atoms with van der Waals surface area (Å²) in [5.41, 5.74) is 0.0264. The Morgan fingerprint density at radius 1 is 1.25 bits per heavy atom. The van der Waals surface area contributed by atoms with Crippen LogP contribution in [0, 0.1) is 0 Å². The van der Waals surface area contributed by atoms with E-state index in [9.17, 15) is 14.4 Å². The smallest absolute Gasteiger partial charge is 0.265 e. The summed E-state index contributed by atoms with van der Waals surface area (Å²) < 4.78 is 5.39. The third-order valence-electron chi connectivity index (χ3n) is 3.50. The summed E-state index contributed by atoms with van der Waals surface area (Å²) in [5, 5.41) is 2.80. The summed E-state index contributed by atoms with van der Waals surface area (Å²) in [6.45, 7) is 3.70. The normalized spacial score (nSPS) is 16.6. The molecule has 1 fully saturated rings. The minimum Gasteiger partial charge on any atom is -0.463 e. The molecule has 2 aromatic rings. The van der Waals surface area contributed by atoms with Crippen molar-refractivity contribution in [3.63, 3.8) is 0 Å². The molecule has 0 aliphatic carbocycles. The third-order valence-corrected chi connectivity index (χ3v) is 3.83. The molecule has 24 heavy (non-hydrogen) atoms. The highest BCUT2D eigenvalue weighted by molar-refractivity contribution is 7.80. The first-order valence-corrected chi connectivity index (χ1v) is 7.44. The van der Waals surface area contributed by atoms with E-state index in [0.717, 1.165) is 0 Å². The second kappa shape index (κ2) is 6.21. The molecule has 1 aromatic heterocycles. The lowest BCUT2D eigenvalue weighted by molar-refractivity contribution is -0.128. The minimum atomic E-state index is -0.655. The Morgan fingerprint density at radius 2 is 2.00 bits per heavy atom. The number of amides is 2. The molecule has 0 atom stereocenters. The van der Waals surface area contributed by atoms with Gasteiger partial charge in [-0.25, -0.2) is 0 Å². The molecule has 1 aliphatic heterocycles. The van der Waals surface area contributed by atoms with Gasteiger partial charge in [-0.05, 0) is 30.4 Å². The van der Waals surface area contributed by atoms with E-state index < -0.39 is 11.8 Å². The standard InChI is InChI=1S/C17H12N2O4S/c1-2-7-19-16(22)12(15(21)18-17(19)24)8-10-9-23-13-6-4-3-5-11(13)14(10)20/h2-6,8-9H,1,7H2,(H,18,21,24). The summed E-state index contributed by atoms with van der Waals surface area (Å²) in [7, 11) is 0. The number of benzene rings is 1. The Kier molecular flexibility index (Phi) is 4.09. The van der Waals surface area contributed by atoms with E-state index in [0.29, 0.717) is 11.0 Å². The van der Waals surface area contributed by atoms with Crippen molar-refractivity contribution >= 4 is 46.2 Å². The van der Waals surface area contributed by atoms with Gasteiger partial charge >= 0.3 is 0 Å². The molecule has 2 amide bonds. The van der Waals surface area contributed by atoms with Crippen LogP contribution in [-0.4, -0.2) is 28.4 Å². The van der Waals surface area contributed by atoms with Crippen LogP contribution >= 0.6 is 12.2 Å². The SMILES string of the molecule is C=CCN1C(=O)C(=Cc2coc3ccccc3c2=O)C(=O)NC1=S. The molecule has 3 rings (SSSR count). The molecule has 1 aliphatic rings. The van der Waals surface area contributed by atoms with Crippen molar-refractivity contribution in [1.29, 1.82) is 0 Å². The van der Waals surface area contributed by atoms with Crippen molar-refractivity contribution in [2.24, 2.45) is 0 Å². The lowest BCUT2D eigenvalue weighted by Crippen LogP contribution is -2.53. The average molecular weight is 340 g/mol. The van der Waals surface area contributed by atoms with Crippen LogP contribution in [0.25, 0.3) is 17.0 Å². The number of hydrogen-bond donors (Lipinski definition) is 1. The molecule has 0 saturated carbocycles. The van der Waals surface area contributed by atoms with Crippen LogP contribution in [0.3, 0.4) is 0 Å². The summed E-state index contributed by atoms with van der Waals surface area (Å²) in [6, 6.07) is 6.73. The summed E-state index contributed by atoms with van der Waals surface area (Å²) in [6.07, 6.45) is 3.93. The van der Waals surface area contributed by atoms with Gasteiger partial charge in [0.1, 0.15) is 17.4 Å². The topological polar surface area (TPSA) is 79.6 Å². The first-order chi connectivity index (χ1) is 11.5. The van der Waals surface area contributed by atoms with Gasteiger partial charge in [0.05, 0.1) is 10.9 Å². The van der Waals surface area contributed by atoms with Crippen LogP contribution in [0.2, 0.25) is 0 Å². The van der Waals surface area contributed by atoms with Crippen molar-refractivity contribution in [2.75, 3.05) is 6.54 Å². The zero-order valence-corrected chi connectivity index (χ0v) is 13.3. The Labute approximate surface area is 142 Å². The maximum atomic E-state index is 12.5. The molecule has 1 aromatic carbocycles. The van der Waals surface area contributed by atoms with Crippen LogP contribution in [-0.2, 0) is 9.59 Å². The van der Waals surface area contributed by atoms with Crippen LogP contribution in [0.5, 0.6) is 0 Å². The Morgan fingerprint density at radius 3 is 2.75 bits per heavy atom. The number of thiocarbonyl (C=S) groups is 1. The predicted octanol–water partition coefficient (Wildman–Crippen LogP) is 1.61. The van der Waals surface area contributed by atoms with Gasteiger partial charge < -0.3 is 4.42 Å². The van der Waals surface area contributed by atoms with E-state index in [1.165, 1.54) is 23.3 Å². The molecule has 2 heterocycles. The second-order valence-electron chi connectivity index (χ2n) is 5.04. The Hall–Kier alpha value is -3.06. The van der Waals surface area contributed by atoms with Crippen molar-refractivity contribution in [1.82, 2.24) is 10.2 Å². The molecule has 120 valence electrons. The third kappa shape index (κ3) is 2.65. The van der Waals surface area contributed by atoms with Crippen LogP contribution in [0.15, 0.2) is 58.0 Å². The highest BCUT2D eigenvalue weighted by Crippen LogP contribution is 2.16. The van der Waals surface area contributed by atoms with E-state index in [2.05, 4.69) is 11.9 Å². The summed E-state index contributed by atoms with van der Waals surface area (Å²) in [5.74, 6) is -1.24. The predicted molar refractivity (Wildman–Crippen MR) is 93.1 cm³/mol. The molecule has 0 spiro atoms. The van der Waals surface area contributed by atoms with E-state index in [-0.39, 0.29) is 28.2 Å². The van der Waals surface area contributed by atoms with Gasteiger partial charge in [-0.3, -0.25) is 24.6 Å². The molecule has 7 heteroatoms. The van der Waals surface area contributed by atoms with Crippen LogP contribution in [0.4, 0.5) is 0 Å². The second-order valence-corrected chi connectivity index (χ2v) is 5.42. The minimum absolute atomic E-state index is 0.00703. The highest BCUT2D eigenvalue weighted by atomic mass is 32.1. The lowest BCUT2D eigenvalue weighted by Gasteiger charge is -2.27. The van der Waals surface area contributed by atoms with Crippen molar-refractivity contribution < 1.29 is 14.0 Å². The van der Waals surface area contributed by atoms with E-state index in [1.807, 2.05) is 0 Å². The van der Waals surface area contributed by atoms with Gasteiger partial charge in [0.25, 0.3) is 11.8 Å². The quantitative estimate of drug-likeness (QED) is 0.397. The first kappa shape index (κ1) is 15.8. The molecule has 1 N–H and O–H groups in total. The number of hydrogen-bond acceptors (Lipinski definition) is 5. The van der Waals surface area contributed by atoms with Crippen LogP contribution < -0.4 is 10.7 Å². The van der Waals surface area contributed by atoms with Gasteiger partial charge in [0.2, 0.25) is 0 Å². The summed E-state index contributed by atoms with van der Waals surface area (Å²) >= 11 is 4.97. The number of nitrogens with one attached hydrogen (secondary N) is 1. The van der Waals surface area contributed by atoms with Crippen molar-refractivity contribution in [3.8, 4) is 0 Å². The maximum absolute atomic E-state index is 12.5. The number of fused-ring (bicyclic) bond motifs is 1. The number of carbonyl (C=O) groups excluding carboxylic acids is 2. The van der Waals surface area contributed by atoms with Gasteiger partial charge in [0.15, 0.2) is 10.5 Å². The maximum Gasteiger partial charge on any atom is 0.265 e. The van der Waals surface area contributed by atoms with E-state index in [1.54, 1.807) is 24.3 Å². The number of nitrogens with zero attached hydrogens (tertiary/aromatic N) is 1. The molecule has 1 saturated heterocycles. The van der Waals surface area contributed by atoms with Crippen molar-refractivity contribution in [3.05, 3.63) is 64.5 Å². The average Bonchev–Trinajstić information content (AvgIpc) is 2.57. The molecule has 6 nitrogen and oxygen atoms in total. The molecule has 0 unspecified atom stereocenters. The van der Waals surface area contributed by atoms with Gasteiger partial charge in [-0.1, -0.05) is 18.2 Å². The first-order valence-electron chi connectivity index (χ1n) is 7.03. The number of para-hydroxylation sites is 1. The molecule has 0 bridgehead atoms. The Bertz CT molecular complexity index is 974. The van der Waals surface area contributed by atoms with Gasteiger partial charge in [-0.15, -0.1) is 6.58 Å².